The highest BCUT2D eigenvalue weighted by Gasteiger charge is 2.47. The van der Waals surface area contributed by atoms with Gasteiger partial charge in [-0.1, -0.05) is 18.2 Å². The normalized spacial score (nSPS) is 16.7. The standard InChI is InChI=1S/C27H22N2O6/c1-3-35-22-14-17(9-12-21(22)30)24-23(25(31)18-5-4-6-20(13-18)34-2)26(32)27(33)29(24)19-10-7-16(15-28)8-11-19/h4-14,24,30-31H,3H2,1-2H3/b25-23-. The third-order valence-corrected chi connectivity index (χ3v) is 5.66. The Bertz CT molecular complexity index is 1370. The second-order valence-electron chi connectivity index (χ2n) is 7.72. The van der Waals surface area contributed by atoms with Crippen molar-refractivity contribution < 1.29 is 29.3 Å². The molecular formula is C27H22N2O6. The SMILES string of the molecule is CCOc1cc(C2/C(=C(/O)c3cccc(OC)c3)C(=O)C(=O)N2c2ccc(C#N)cc2)ccc1O. The van der Waals surface area contributed by atoms with E-state index in [4.69, 9.17) is 14.7 Å². The number of benzene rings is 3. The first-order valence-electron chi connectivity index (χ1n) is 10.8. The highest BCUT2D eigenvalue weighted by Crippen LogP contribution is 2.44. The van der Waals surface area contributed by atoms with Crippen LogP contribution >= 0.6 is 0 Å². The molecule has 1 saturated heterocycles. The number of aliphatic hydroxyl groups is 1. The zero-order valence-electron chi connectivity index (χ0n) is 19.1. The van der Waals surface area contributed by atoms with Crippen LogP contribution in [0.25, 0.3) is 5.76 Å². The molecule has 1 aliphatic heterocycles. The van der Waals surface area contributed by atoms with Crippen LogP contribution in [-0.4, -0.2) is 35.6 Å². The predicted octanol–water partition coefficient (Wildman–Crippen LogP) is 4.30. The molecule has 1 heterocycles. The van der Waals surface area contributed by atoms with Crippen LogP contribution in [0.15, 0.2) is 72.3 Å². The van der Waals surface area contributed by atoms with Gasteiger partial charge in [-0.25, -0.2) is 0 Å². The fourth-order valence-electron chi connectivity index (χ4n) is 4.01. The highest BCUT2D eigenvalue weighted by atomic mass is 16.5. The summed E-state index contributed by atoms with van der Waals surface area (Å²) in [5, 5.41) is 30.6. The molecule has 4 rings (SSSR count). The molecule has 0 saturated carbocycles. The Kier molecular flexibility index (Phi) is 6.42. The second kappa shape index (κ2) is 9.61. The number of aliphatic hydroxyl groups excluding tert-OH is 1. The number of anilines is 1. The van der Waals surface area contributed by atoms with Crippen molar-refractivity contribution in [3.63, 3.8) is 0 Å². The van der Waals surface area contributed by atoms with Gasteiger partial charge in [0.15, 0.2) is 11.5 Å². The Hall–Kier alpha value is -4.77. The van der Waals surface area contributed by atoms with Gasteiger partial charge in [-0.05, 0) is 61.0 Å². The molecule has 1 amide bonds. The summed E-state index contributed by atoms with van der Waals surface area (Å²) in [4.78, 5) is 27.8. The van der Waals surface area contributed by atoms with Crippen LogP contribution in [0.5, 0.6) is 17.2 Å². The van der Waals surface area contributed by atoms with Gasteiger partial charge in [-0.15, -0.1) is 0 Å². The molecule has 176 valence electrons. The molecule has 0 bridgehead atoms. The molecule has 1 unspecified atom stereocenters. The number of aromatic hydroxyl groups is 1. The number of nitrogens with zero attached hydrogens (tertiary/aromatic N) is 2. The number of hydrogen-bond donors (Lipinski definition) is 2. The lowest BCUT2D eigenvalue weighted by Gasteiger charge is -2.26. The number of carbonyl (C=O) groups is 2. The van der Waals surface area contributed by atoms with Gasteiger partial charge >= 0.3 is 0 Å². The van der Waals surface area contributed by atoms with Crippen LogP contribution in [0.1, 0.15) is 29.7 Å². The summed E-state index contributed by atoms with van der Waals surface area (Å²) in [5.41, 5.74) is 1.38. The quantitative estimate of drug-likeness (QED) is 0.313. The number of methoxy groups -OCH3 is 1. The Morgan fingerprint density at radius 2 is 1.83 bits per heavy atom. The summed E-state index contributed by atoms with van der Waals surface area (Å²) in [6, 6.07) is 18.2. The van der Waals surface area contributed by atoms with Gasteiger partial charge in [-0.3, -0.25) is 14.5 Å². The minimum absolute atomic E-state index is 0.0984. The highest BCUT2D eigenvalue weighted by molar-refractivity contribution is 6.51. The topological polar surface area (TPSA) is 120 Å². The number of phenols is 1. The Labute approximate surface area is 201 Å². The Morgan fingerprint density at radius 3 is 2.49 bits per heavy atom. The van der Waals surface area contributed by atoms with Crippen molar-refractivity contribution >= 4 is 23.1 Å². The third kappa shape index (κ3) is 4.27. The Balaban J connectivity index is 1.95. The number of hydrogen-bond acceptors (Lipinski definition) is 7. The van der Waals surface area contributed by atoms with E-state index in [1.54, 1.807) is 49.4 Å². The van der Waals surface area contributed by atoms with Crippen molar-refractivity contribution in [1.82, 2.24) is 0 Å². The molecule has 0 radical (unpaired) electrons. The molecule has 2 N–H and O–H groups in total. The van der Waals surface area contributed by atoms with E-state index >= 15 is 0 Å². The molecule has 1 fully saturated rings. The first kappa shape index (κ1) is 23.4. The molecule has 0 aromatic heterocycles. The molecule has 1 atom stereocenters. The maximum Gasteiger partial charge on any atom is 0.300 e. The van der Waals surface area contributed by atoms with Crippen molar-refractivity contribution in [2.75, 3.05) is 18.6 Å². The third-order valence-electron chi connectivity index (χ3n) is 5.66. The number of ketones is 1. The van der Waals surface area contributed by atoms with Gasteiger partial charge in [0.05, 0.1) is 37.0 Å². The van der Waals surface area contributed by atoms with Gasteiger partial charge in [0.25, 0.3) is 11.7 Å². The van der Waals surface area contributed by atoms with Crippen molar-refractivity contribution in [1.29, 1.82) is 5.26 Å². The fourth-order valence-corrected chi connectivity index (χ4v) is 4.01. The van der Waals surface area contributed by atoms with E-state index in [1.165, 1.54) is 36.3 Å². The average Bonchev–Trinajstić information content (AvgIpc) is 3.15. The monoisotopic (exact) mass is 470 g/mol. The number of rotatable bonds is 6. The molecule has 1 aliphatic rings. The van der Waals surface area contributed by atoms with E-state index < -0.39 is 17.7 Å². The maximum absolute atomic E-state index is 13.3. The summed E-state index contributed by atoms with van der Waals surface area (Å²) in [5.74, 6) is -1.53. The van der Waals surface area contributed by atoms with Crippen molar-refractivity contribution in [2.24, 2.45) is 0 Å². The summed E-state index contributed by atoms with van der Waals surface area (Å²) in [7, 11) is 1.48. The van der Waals surface area contributed by atoms with Gasteiger partial charge in [-0.2, -0.15) is 5.26 Å². The second-order valence-corrected chi connectivity index (χ2v) is 7.72. The number of phenolic OH excluding ortho intramolecular Hbond substituents is 1. The summed E-state index contributed by atoms with van der Waals surface area (Å²) in [6.07, 6.45) is 0. The lowest BCUT2D eigenvalue weighted by atomic mass is 9.94. The number of ether oxygens (including phenoxy) is 2. The van der Waals surface area contributed by atoms with Crippen LogP contribution in [0.3, 0.4) is 0 Å². The van der Waals surface area contributed by atoms with Crippen LogP contribution < -0.4 is 14.4 Å². The van der Waals surface area contributed by atoms with Gasteiger partial charge in [0, 0.05) is 11.3 Å². The number of amides is 1. The van der Waals surface area contributed by atoms with Gasteiger partial charge in [0.2, 0.25) is 0 Å². The summed E-state index contributed by atoms with van der Waals surface area (Å²) < 4.78 is 10.7. The first-order valence-corrected chi connectivity index (χ1v) is 10.8. The number of Topliss-reactive ketones (excluding diaryl/α,β-unsaturated/α-hetero) is 1. The van der Waals surface area contributed by atoms with Crippen LogP contribution in [0.4, 0.5) is 5.69 Å². The van der Waals surface area contributed by atoms with E-state index in [-0.39, 0.29) is 29.4 Å². The van der Waals surface area contributed by atoms with Crippen LogP contribution in [0.2, 0.25) is 0 Å². The molecule has 0 spiro atoms. The molecule has 8 heteroatoms. The molecule has 8 nitrogen and oxygen atoms in total. The van der Waals surface area contributed by atoms with Crippen LogP contribution in [-0.2, 0) is 9.59 Å². The minimum atomic E-state index is -1.02. The Morgan fingerprint density at radius 1 is 1.09 bits per heavy atom. The lowest BCUT2D eigenvalue weighted by Crippen LogP contribution is -2.29. The molecular weight excluding hydrogens is 448 g/mol. The summed E-state index contributed by atoms with van der Waals surface area (Å²) in [6.45, 7) is 2.05. The van der Waals surface area contributed by atoms with E-state index in [0.29, 0.717) is 28.1 Å². The van der Waals surface area contributed by atoms with Crippen LogP contribution in [0, 0.1) is 11.3 Å². The smallest absolute Gasteiger partial charge is 0.300 e. The molecule has 3 aromatic rings. The minimum Gasteiger partial charge on any atom is -0.507 e. The average molecular weight is 470 g/mol. The zero-order chi connectivity index (χ0) is 25.1. The van der Waals surface area contributed by atoms with Gasteiger partial charge in [0.1, 0.15) is 11.5 Å². The van der Waals surface area contributed by atoms with E-state index in [2.05, 4.69) is 0 Å². The maximum atomic E-state index is 13.3. The summed E-state index contributed by atoms with van der Waals surface area (Å²) >= 11 is 0. The zero-order valence-corrected chi connectivity index (χ0v) is 19.1. The number of carbonyl (C=O) groups excluding carboxylic acids is 2. The molecule has 3 aromatic carbocycles. The fraction of sp³-hybridized carbons (Fsp3) is 0.148. The van der Waals surface area contributed by atoms with Gasteiger partial charge < -0.3 is 19.7 Å². The van der Waals surface area contributed by atoms with Crippen molar-refractivity contribution in [3.05, 3.63) is 89.0 Å². The first-order chi connectivity index (χ1) is 16.9. The van der Waals surface area contributed by atoms with E-state index in [0.717, 1.165) is 0 Å². The molecule has 0 aliphatic carbocycles. The predicted molar refractivity (Wildman–Crippen MR) is 128 cm³/mol. The molecule has 35 heavy (non-hydrogen) atoms. The van der Waals surface area contributed by atoms with E-state index in [1.807, 2.05) is 6.07 Å². The largest absolute Gasteiger partial charge is 0.507 e. The van der Waals surface area contributed by atoms with Crippen molar-refractivity contribution in [3.8, 4) is 23.3 Å². The van der Waals surface area contributed by atoms with E-state index in [9.17, 15) is 19.8 Å². The lowest BCUT2D eigenvalue weighted by molar-refractivity contribution is -0.132. The number of nitriles is 1. The van der Waals surface area contributed by atoms with Crippen molar-refractivity contribution in [2.45, 2.75) is 13.0 Å².